The van der Waals surface area contributed by atoms with Crippen LogP contribution in [0.3, 0.4) is 0 Å². The monoisotopic (exact) mass is 193 g/mol. The Balaban J connectivity index is 2.30. The highest BCUT2D eigenvalue weighted by atomic mass is 16.5. The van der Waals surface area contributed by atoms with Gasteiger partial charge in [0.15, 0.2) is 0 Å². The van der Waals surface area contributed by atoms with E-state index in [2.05, 4.69) is 5.32 Å². The molecule has 1 heterocycles. The van der Waals surface area contributed by atoms with E-state index in [1.807, 2.05) is 32.0 Å². The molecule has 0 radical (unpaired) electrons. The lowest BCUT2D eigenvalue weighted by atomic mass is 10.2. The third kappa shape index (κ3) is 1.76. The van der Waals surface area contributed by atoms with E-state index in [4.69, 9.17) is 9.47 Å². The molecule has 1 aliphatic heterocycles. The van der Waals surface area contributed by atoms with Crippen LogP contribution in [0.2, 0.25) is 0 Å². The van der Waals surface area contributed by atoms with Gasteiger partial charge in [0.1, 0.15) is 23.8 Å². The van der Waals surface area contributed by atoms with Crippen molar-refractivity contribution < 1.29 is 9.47 Å². The number of para-hydroxylation sites is 1. The third-order valence-corrected chi connectivity index (χ3v) is 2.01. The molecule has 0 saturated heterocycles. The summed E-state index contributed by atoms with van der Waals surface area (Å²) in [5.74, 6) is 1.76. The van der Waals surface area contributed by atoms with Crippen molar-refractivity contribution in [3.8, 4) is 11.5 Å². The first-order valence-corrected chi connectivity index (χ1v) is 4.93. The van der Waals surface area contributed by atoms with Gasteiger partial charge in [0.25, 0.3) is 0 Å². The average Bonchev–Trinajstić information content (AvgIpc) is 2.18. The largest absolute Gasteiger partial charge is 0.489 e. The summed E-state index contributed by atoms with van der Waals surface area (Å²) in [7, 11) is 0. The van der Waals surface area contributed by atoms with Gasteiger partial charge in [-0.3, -0.25) is 0 Å². The lowest BCUT2D eigenvalue weighted by Gasteiger charge is -2.22. The molecule has 1 aromatic carbocycles. The summed E-state index contributed by atoms with van der Waals surface area (Å²) in [5, 5.41) is 3.29. The van der Waals surface area contributed by atoms with Crippen molar-refractivity contribution in [2.24, 2.45) is 0 Å². The second-order valence-electron chi connectivity index (χ2n) is 3.57. The minimum atomic E-state index is 0.185. The van der Waals surface area contributed by atoms with Crippen molar-refractivity contribution in [1.82, 2.24) is 0 Å². The molecule has 2 rings (SSSR count). The lowest BCUT2D eigenvalue weighted by Crippen LogP contribution is -2.19. The fourth-order valence-electron chi connectivity index (χ4n) is 1.49. The molecule has 14 heavy (non-hydrogen) atoms. The number of benzene rings is 1. The van der Waals surface area contributed by atoms with Crippen molar-refractivity contribution in [2.75, 3.05) is 18.5 Å². The van der Waals surface area contributed by atoms with Crippen LogP contribution in [0.15, 0.2) is 18.2 Å². The van der Waals surface area contributed by atoms with Gasteiger partial charge >= 0.3 is 0 Å². The standard InChI is InChI=1S/C11H15NO2/c1-8(2)14-10-5-3-4-9-11(10)12-6-7-13-9/h3-5,8,12H,6-7H2,1-2H3. The summed E-state index contributed by atoms with van der Waals surface area (Å²) in [6.07, 6.45) is 0.185. The van der Waals surface area contributed by atoms with Gasteiger partial charge < -0.3 is 14.8 Å². The maximum atomic E-state index is 5.67. The van der Waals surface area contributed by atoms with Crippen LogP contribution in [0, 0.1) is 0 Å². The van der Waals surface area contributed by atoms with Crippen LogP contribution in [0.1, 0.15) is 13.8 Å². The van der Waals surface area contributed by atoms with Gasteiger partial charge in [0.05, 0.1) is 6.10 Å². The second-order valence-corrected chi connectivity index (χ2v) is 3.57. The Bertz CT molecular complexity index is 323. The van der Waals surface area contributed by atoms with Crippen LogP contribution in [-0.2, 0) is 0 Å². The summed E-state index contributed by atoms with van der Waals surface area (Å²) >= 11 is 0. The van der Waals surface area contributed by atoms with E-state index in [0.29, 0.717) is 0 Å². The molecule has 0 unspecified atom stereocenters. The summed E-state index contributed by atoms with van der Waals surface area (Å²) in [4.78, 5) is 0. The van der Waals surface area contributed by atoms with Gasteiger partial charge in [-0.15, -0.1) is 0 Å². The summed E-state index contributed by atoms with van der Waals surface area (Å²) in [5.41, 5.74) is 0.979. The van der Waals surface area contributed by atoms with Crippen molar-refractivity contribution in [2.45, 2.75) is 20.0 Å². The summed E-state index contributed by atoms with van der Waals surface area (Å²) < 4.78 is 11.2. The molecule has 1 aromatic rings. The smallest absolute Gasteiger partial charge is 0.146 e. The number of hydrogen-bond acceptors (Lipinski definition) is 3. The first-order valence-electron chi connectivity index (χ1n) is 4.93. The molecule has 0 amide bonds. The molecule has 1 N–H and O–H groups in total. The highest BCUT2D eigenvalue weighted by Crippen LogP contribution is 2.36. The number of hydrogen-bond donors (Lipinski definition) is 1. The molecule has 0 fully saturated rings. The van der Waals surface area contributed by atoms with E-state index >= 15 is 0 Å². The zero-order valence-corrected chi connectivity index (χ0v) is 8.54. The van der Waals surface area contributed by atoms with Gasteiger partial charge in [-0.1, -0.05) is 6.07 Å². The van der Waals surface area contributed by atoms with Crippen molar-refractivity contribution in [1.29, 1.82) is 0 Å². The molecule has 1 aliphatic rings. The van der Waals surface area contributed by atoms with Crippen molar-refractivity contribution in [3.63, 3.8) is 0 Å². The average molecular weight is 193 g/mol. The zero-order valence-electron chi connectivity index (χ0n) is 8.54. The number of nitrogens with one attached hydrogen (secondary N) is 1. The Labute approximate surface area is 84.0 Å². The van der Waals surface area contributed by atoms with E-state index < -0.39 is 0 Å². The summed E-state index contributed by atoms with van der Waals surface area (Å²) in [6.45, 7) is 5.59. The molecule has 3 heteroatoms. The van der Waals surface area contributed by atoms with E-state index in [-0.39, 0.29) is 6.10 Å². The molecular formula is C11H15NO2. The van der Waals surface area contributed by atoms with Crippen LogP contribution in [-0.4, -0.2) is 19.3 Å². The second kappa shape index (κ2) is 3.78. The van der Waals surface area contributed by atoms with E-state index in [0.717, 1.165) is 30.3 Å². The maximum Gasteiger partial charge on any atom is 0.146 e. The van der Waals surface area contributed by atoms with Crippen LogP contribution in [0.4, 0.5) is 5.69 Å². The van der Waals surface area contributed by atoms with Crippen molar-refractivity contribution in [3.05, 3.63) is 18.2 Å². The fourth-order valence-corrected chi connectivity index (χ4v) is 1.49. The first kappa shape index (κ1) is 9.19. The Kier molecular flexibility index (Phi) is 2.48. The van der Waals surface area contributed by atoms with E-state index in [1.165, 1.54) is 0 Å². The fraction of sp³-hybridized carbons (Fsp3) is 0.455. The maximum absolute atomic E-state index is 5.67. The predicted molar refractivity (Wildman–Crippen MR) is 56.2 cm³/mol. The van der Waals surface area contributed by atoms with Crippen LogP contribution in [0.25, 0.3) is 0 Å². The zero-order chi connectivity index (χ0) is 9.97. The van der Waals surface area contributed by atoms with Gasteiger partial charge in [-0.05, 0) is 26.0 Å². The molecule has 0 aromatic heterocycles. The molecule has 0 aliphatic carbocycles. The number of ether oxygens (including phenoxy) is 2. The van der Waals surface area contributed by atoms with Crippen molar-refractivity contribution >= 4 is 5.69 Å². The van der Waals surface area contributed by atoms with Gasteiger partial charge in [-0.25, -0.2) is 0 Å². The molecule has 3 nitrogen and oxygen atoms in total. The Morgan fingerprint density at radius 3 is 3.07 bits per heavy atom. The minimum absolute atomic E-state index is 0.185. The molecular weight excluding hydrogens is 178 g/mol. The highest BCUT2D eigenvalue weighted by molar-refractivity contribution is 5.67. The Morgan fingerprint density at radius 1 is 1.43 bits per heavy atom. The molecule has 76 valence electrons. The molecule has 0 bridgehead atoms. The van der Waals surface area contributed by atoms with E-state index in [9.17, 15) is 0 Å². The van der Waals surface area contributed by atoms with Gasteiger partial charge in [0, 0.05) is 6.54 Å². The third-order valence-electron chi connectivity index (χ3n) is 2.01. The lowest BCUT2D eigenvalue weighted by molar-refractivity contribution is 0.240. The normalized spacial score (nSPS) is 14.2. The Hall–Kier alpha value is -1.38. The summed E-state index contributed by atoms with van der Waals surface area (Å²) in [6, 6.07) is 5.86. The molecule has 0 saturated carbocycles. The predicted octanol–water partition coefficient (Wildman–Crippen LogP) is 2.28. The van der Waals surface area contributed by atoms with Crippen LogP contribution in [0.5, 0.6) is 11.5 Å². The SMILES string of the molecule is CC(C)Oc1cccc2c1NCCO2. The van der Waals surface area contributed by atoms with Gasteiger partial charge in [0.2, 0.25) is 0 Å². The molecule has 0 atom stereocenters. The van der Waals surface area contributed by atoms with E-state index in [1.54, 1.807) is 0 Å². The van der Waals surface area contributed by atoms with Crippen LogP contribution < -0.4 is 14.8 Å². The topological polar surface area (TPSA) is 30.5 Å². The number of rotatable bonds is 2. The Morgan fingerprint density at radius 2 is 2.29 bits per heavy atom. The highest BCUT2D eigenvalue weighted by Gasteiger charge is 2.14. The van der Waals surface area contributed by atoms with Crippen LogP contribution >= 0.6 is 0 Å². The van der Waals surface area contributed by atoms with Gasteiger partial charge in [-0.2, -0.15) is 0 Å². The number of fused-ring (bicyclic) bond motifs is 1. The quantitative estimate of drug-likeness (QED) is 0.781. The minimum Gasteiger partial charge on any atom is -0.489 e. The first-order chi connectivity index (χ1) is 6.77. The molecule has 0 spiro atoms. The number of anilines is 1.